The Bertz CT molecular complexity index is 1310. The highest BCUT2D eigenvalue weighted by Gasteiger charge is 2.27. The van der Waals surface area contributed by atoms with Crippen LogP contribution in [0.3, 0.4) is 0 Å². The SMILES string of the molecule is O=C1Cc2ccccc2C(c2ccc(F)cc2)=NC1Nc1nnc(-c2ccc(F)cc2)o1. The number of nitrogens with one attached hydrogen (secondary N) is 1. The number of rotatable bonds is 4. The van der Waals surface area contributed by atoms with Gasteiger partial charge in [-0.25, -0.2) is 8.78 Å². The van der Waals surface area contributed by atoms with Gasteiger partial charge in [-0.05, 0) is 54.1 Å². The van der Waals surface area contributed by atoms with Crippen molar-refractivity contribution in [2.24, 2.45) is 4.99 Å². The van der Waals surface area contributed by atoms with Gasteiger partial charge in [0.05, 0.1) is 5.71 Å². The number of ketones is 1. The molecule has 1 aliphatic rings. The van der Waals surface area contributed by atoms with E-state index in [9.17, 15) is 13.6 Å². The lowest BCUT2D eigenvalue weighted by atomic mass is 9.96. The fourth-order valence-corrected chi connectivity index (χ4v) is 3.52. The van der Waals surface area contributed by atoms with Crippen molar-refractivity contribution in [1.29, 1.82) is 0 Å². The molecule has 32 heavy (non-hydrogen) atoms. The highest BCUT2D eigenvalue weighted by Crippen LogP contribution is 2.24. The van der Waals surface area contributed by atoms with Crippen molar-refractivity contribution < 1.29 is 18.0 Å². The maximum absolute atomic E-state index is 13.5. The number of fused-ring (bicyclic) bond motifs is 1. The zero-order chi connectivity index (χ0) is 22.1. The van der Waals surface area contributed by atoms with Gasteiger partial charge in [-0.2, -0.15) is 0 Å². The molecular formula is C24H16F2N4O2. The van der Waals surface area contributed by atoms with Gasteiger partial charge in [-0.15, -0.1) is 5.10 Å². The topological polar surface area (TPSA) is 80.4 Å². The van der Waals surface area contributed by atoms with Crippen LogP contribution in [-0.2, 0) is 11.2 Å². The van der Waals surface area contributed by atoms with E-state index < -0.39 is 6.17 Å². The second-order valence-electron chi connectivity index (χ2n) is 7.25. The molecule has 0 aliphatic carbocycles. The summed E-state index contributed by atoms with van der Waals surface area (Å²) >= 11 is 0. The van der Waals surface area contributed by atoms with Gasteiger partial charge >= 0.3 is 6.01 Å². The Balaban J connectivity index is 1.50. The van der Waals surface area contributed by atoms with E-state index in [1.54, 1.807) is 12.1 Å². The van der Waals surface area contributed by atoms with Gasteiger partial charge in [0.15, 0.2) is 11.9 Å². The molecule has 0 bridgehead atoms. The first-order valence-electron chi connectivity index (χ1n) is 9.87. The smallest absolute Gasteiger partial charge is 0.317 e. The van der Waals surface area contributed by atoms with Crippen LogP contribution in [-0.4, -0.2) is 27.9 Å². The summed E-state index contributed by atoms with van der Waals surface area (Å²) in [4.78, 5) is 17.6. The van der Waals surface area contributed by atoms with Crippen LogP contribution in [0.4, 0.5) is 14.8 Å². The Kier molecular flexibility index (Phi) is 5.03. The molecule has 0 spiro atoms. The standard InChI is InChI=1S/C24H16F2N4O2/c25-17-9-5-14(6-10-17)21-19-4-2-1-3-16(19)13-20(31)22(27-21)28-24-30-29-23(32-24)15-7-11-18(26)12-8-15/h1-12,22H,13H2,(H,28,30). The monoisotopic (exact) mass is 430 g/mol. The molecule has 0 amide bonds. The molecule has 0 radical (unpaired) electrons. The van der Waals surface area contributed by atoms with Gasteiger partial charge in [0.2, 0.25) is 5.89 Å². The minimum Gasteiger partial charge on any atom is -0.403 e. The van der Waals surface area contributed by atoms with Crippen molar-refractivity contribution >= 4 is 17.5 Å². The zero-order valence-corrected chi connectivity index (χ0v) is 16.6. The summed E-state index contributed by atoms with van der Waals surface area (Å²) in [5.74, 6) is -0.741. The molecule has 4 aromatic rings. The predicted molar refractivity (Wildman–Crippen MR) is 114 cm³/mol. The minimum absolute atomic E-state index is 0.0100. The quantitative estimate of drug-likeness (QED) is 0.519. The predicted octanol–water partition coefficient (Wildman–Crippen LogP) is 4.42. The third-order valence-electron chi connectivity index (χ3n) is 5.09. The average molecular weight is 430 g/mol. The summed E-state index contributed by atoms with van der Waals surface area (Å²) < 4.78 is 32.2. The molecule has 1 N–H and O–H groups in total. The number of carbonyl (C=O) groups excluding carboxylic acids is 1. The summed E-state index contributed by atoms with van der Waals surface area (Å²) in [5, 5.41) is 10.8. The van der Waals surface area contributed by atoms with Crippen LogP contribution in [0.15, 0.2) is 82.2 Å². The average Bonchev–Trinajstić information content (AvgIpc) is 3.21. The third-order valence-corrected chi connectivity index (χ3v) is 5.09. The molecule has 1 aliphatic heterocycles. The van der Waals surface area contributed by atoms with Crippen molar-refractivity contribution in [2.45, 2.75) is 12.6 Å². The Morgan fingerprint density at radius 1 is 0.844 bits per heavy atom. The Morgan fingerprint density at radius 3 is 2.22 bits per heavy atom. The molecule has 1 atom stereocenters. The van der Waals surface area contributed by atoms with Crippen molar-refractivity contribution in [2.75, 3.05) is 5.32 Å². The first kappa shape index (κ1) is 19.7. The fourth-order valence-electron chi connectivity index (χ4n) is 3.52. The van der Waals surface area contributed by atoms with Gasteiger partial charge in [0.1, 0.15) is 11.6 Å². The van der Waals surface area contributed by atoms with Crippen LogP contribution in [0.1, 0.15) is 16.7 Å². The molecule has 6 nitrogen and oxygen atoms in total. The summed E-state index contributed by atoms with van der Waals surface area (Å²) in [6.45, 7) is 0. The van der Waals surface area contributed by atoms with Crippen LogP contribution in [0.5, 0.6) is 0 Å². The molecule has 158 valence electrons. The maximum atomic E-state index is 13.5. The number of nitrogens with zero attached hydrogens (tertiary/aromatic N) is 3. The number of carbonyl (C=O) groups is 1. The van der Waals surface area contributed by atoms with E-state index in [0.717, 1.165) is 11.1 Å². The maximum Gasteiger partial charge on any atom is 0.317 e. The fraction of sp³-hybridized carbons (Fsp3) is 0.0833. The highest BCUT2D eigenvalue weighted by molar-refractivity contribution is 6.16. The molecule has 0 saturated carbocycles. The second kappa shape index (κ2) is 8.14. The third kappa shape index (κ3) is 3.90. The van der Waals surface area contributed by atoms with E-state index in [0.29, 0.717) is 16.8 Å². The number of Topliss-reactive ketones (excluding diaryl/α,β-unsaturated/α-hetero) is 1. The van der Waals surface area contributed by atoms with Gasteiger partial charge in [0, 0.05) is 23.1 Å². The number of anilines is 1. The van der Waals surface area contributed by atoms with Crippen molar-refractivity contribution in [3.8, 4) is 11.5 Å². The van der Waals surface area contributed by atoms with E-state index in [4.69, 9.17) is 4.42 Å². The minimum atomic E-state index is -0.982. The second-order valence-corrected chi connectivity index (χ2v) is 7.25. The van der Waals surface area contributed by atoms with Crippen LogP contribution in [0.2, 0.25) is 0 Å². The normalized spacial score (nSPS) is 15.6. The van der Waals surface area contributed by atoms with Crippen molar-refractivity contribution in [3.63, 3.8) is 0 Å². The van der Waals surface area contributed by atoms with Crippen molar-refractivity contribution in [3.05, 3.63) is 101 Å². The van der Waals surface area contributed by atoms with Crippen LogP contribution in [0.25, 0.3) is 11.5 Å². The van der Waals surface area contributed by atoms with Gasteiger partial charge < -0.3 is 9.73 Å². The molecule has 8 heteroatoms. The first-order valence-corrected chi connectivity index (χ1v) is 9.87. The van der Waals surface area contributed by atoms with E-state index in [-0.39, 0.29) is 35.7 Å². The van der Waals surface area contributed by atoms with E-state index in [1.807, 2.05) is 24.3 Å². The highest BCUT2D eigenvalue weighted by atomic mass is 19.1. The molecule has 0 saturated heterocycles. The lowest BCUT2D eigenvalue weighted by Gasteiger charge is -2.12. The van der Waals surface area contributed by atoms with Crippen LogP contribution in [0, 0.1) is 11.6 Å². The van der Waals surface area contributed by atoms with E-state index in [2.05, 4.69) is 20.5 Å². The molecule has 5 rings (SSSR count). The van der Waals surface area contributed by atoms with Crippen LogP contribution >= 0.6 is 0 Å². The van der Waals surface area contributed by atoms with Crippen LogP contribution < -0.4 is 5.32 Å². The summed E-state index contributed by atoms with van der Waals surface area (Å²) in [5.41, 5.74) is 3.40. The Hall–Kier alpha value is -4.20. The van der Waals surface area contributed by atoms with E-state index in [1.165, 1.54) is 36.4 Å². The summed E-state index contributed by atoms with van der Waals surface area (Å²) in [6, 6.07) is 19.0. The van der Waals surface area contributed by atoms with Gasteiger partial charge in [-0.1, -0.05) is 29.4 Å². The Labute approximate surface area is 181 Å². The summed E-state index contributed by atoms with van der Waals surface area (Å²) in [7, 11) is 0. The number of aromatic nitrogens is 2. The largest absolute Gasteiger partial charge is 0.403 e. The lowest BCUT2D eigenvalue weighted by molar-refractivity contribution is -0.119. The van der Waals surface area contributed by atoms with E-state index >= 15 is 0 Å². The molecule has 1 unspecified atom stereocenters. The molecule has 0 fully saturated rings. The number of hydrogen-bond donors (Lipinski definition) is 1. The molecule has 2 heterocycles. The molecule has 3 aromatic carbocycles. The molecular weight excluding hydrogens is 414 g/mol. The first-order chi connectivity index (χ1) is 15.6. The Morgan fingerprint density at radius 2 is 1.50 bits per heavy atom. The number of aliphatic imine (C=N–C) groups is 1. The number of hydrogen-bond acceptors (Lipinski definition) is 6. The molecule has 1 aromatic heterocycles. The zero-order valence-electron chi connectivity index (χ0n) is 16.6. The summed E-state index contributed by atoms with van der Waals surface area (Å²) in [6.07, 6.45) is -0.829. The van der Waals surface area contributed by atoms with Gasteiger partial charge in [-0.3, -0.25) is 9.79 Å². The van der Waals surface area contributed by atoms with Crippen molar-refractivity contribution in [1.82, 2.24) is 10.2 Å². The number of halogens is 2. The lowest BCUT2D eigenvalue weighted by Crippen LogP contribution is -2.29. The van der Waals surface area contributed by atoms with Gasteiger partial charge in [0.25, 0.3) is 0 Å². The number of benzene rings is 3.